The molecule has 0 bridgehead atoms. The summed E-state index contributed by atoms with van der Waals surface area (Å²) in [5.74, 6) is -0.990. The van der Waals surface area contributed by atoms with Gasteiger partial charge in [0.15, 0.2) is 0 Å². The van der Waals surface area contributed by atoms with Gasteiger partial charge < -0.3 is 16.8 Å². The average Bonchev–Trinajstić information content (AvgIpc) is 2.31. The third-order valence-corrected chi connectivity index (χ3v) is 3.05. The Morgan fingerprint density at radius 3 is 2.39 bits per heavy atom. The fourth-order valence-corrected chi connectivity index (χ4v) is 1.92. The fourth-order valence-electron chi connectivity index (χ4n) is 1.92. The van der Waals surface area contributed by atoms with E-state index in [4.69, 9.17) is 11.5 Å². The van der Waals surface area contributed by atoms with E-state index in [9.17, 15) is 9.59 Å². The molecule has 1 aliphatic rings. The number of primary amides is 2. The third kappa shape index (κ3) is 3.97. The van der Waals surface area contributed by atoms with Crippen LogP contribution in [0.25, 0.3) is 0 Å². The van der Waals surface area contributed by atoms with Gasteiger partial charge in [-0.15, -0.1) is 0 Å². The van der Waals surface area contributed by atoms with Crippen LogP contribution in [-0.2, 0) is 9.59 Å². The molecule has 1 aliphatic heterocycles. The van der Waals surface area contributed by atoms with Gasteiger partial charge in [-0.1, -0.05) is 13.2 Å². The summed E-state index contributed by atoms with van der Waals surface area (Å²) in [4.78, 5) is 24.1. The van der Waals surface area contributed by atoms with Gasteiger partial charge in [0, 0.05) is 43.4 Å². The van der Waals surface area contributed by atoms with Gasteiger partial charge in [-0.25, -0.2) is 0 Å². The Morgan fingerprint density at radius 1 is 1.22 bits per heavy atom. The SMILES string of the molecule is C=C(CC1CNCCN1CC(=C)C(N)=O)C(N)=O. The lowest BCUT2D eigenvalue weighted by Gasteiger charge is -2.36. The zero-order valence-electron chi connectivity index (χ0n) is 10.4. The van der Waals surface area contributed by atoms with Gasteiger partial charge in [0.05, 0.1) is 0 Å². The summed E-state index contributed by atoms with van der Waals surface area (Å²) >= 11 is 0. The van der Waals surface area contributed by atoms with Crippen molar-refractivity contribution in [3.05, 3.63) is 24.3 Å². The zero-order chi connectivity index (χ0) is 13.7. The summed E-state index contributed by atoms with van der Waals surface area (Å²) < 4.78 is 0. The molecule has 1 unspecified atom stereocenters. The molecule has 0 radical (unpaired) electrons. The van der Waals surface area contributed by atoms with Crippen molar-refractivity contribution in [1.29, 1.82) is 0 Å². The van der Waals surface area contributed by atoms with E-state index >= 15 is 0 Å². The summed E-state index contributed by atoms with van der Waals surface area (Å²) in [6.45, 7) is 10.0. The van der Waals surface area contributed by atoms with Crippen LogP contribution >= 0.6 is 0 Å². The highest BCUT2D eigenvalue weighted by Gasteiger charge is 2.24. The molecule has 18 heavy (non-hydrogen) atoms. The molecular weight excluding hydrogens is 232 g/mol. The molecule has 1 saturated heterocycles. The lowest BCUT2D eigenvalue weighted by atomic mass is 10.0. The molecular formula is C12H20N4O2. The van der Waals surface area contributed by atoms with Gasteiger partial charge >= 0.3 is 0 Å². The minimum Gasteiger partial charge on any atom is -0.366 e. The second kappa shape index (κ2) is 6.32. The number of carbonyl (C=O) groups excluding carboxylic acids is 2. The number of hydrogen-bond donors (Lipinski definition) is 3. The molecule has 1 rings (SSSR count). The van der Waals surface area contributed by atoms with Crippen molar-refractivity contribution in [2.75, 3.05) is 26.2 Å². The van der Waals surface area contributed by atoms with Crippen LogP contribution in [-0.4, -0.2) is 48.9 Å². The van der Waals surface area contributed by atoms with Gasteiger partial charge in [-0.3, -0.25) is 14.5 Å². The van der Waals surface area contributed by atoms with Crippen molar-refractivity contribution in [3.8, 4) is 0 Å². The van der Waals surface area contributed by atoms with Crippen LogP contribution in [0.4, 0.5) is 0 Å². The topological polar surface area (TPSA) is 101 Å². The molecule has 1 heterocycles. The van der Waals surface area contributed by atoms with Crippen LogP contribution in [0.1, 0.15) is 6.42 Å². The minimum absolute atomic E-state index is 0.0786. The Kier molecular flexibility index (Phi) is 5.06. The van der Waals surface area contributed by atoms with Gasteiger partial charge in [-0.2, -0.15) is 0 Å². The Hall–Kier alpha value is -1.66. The van der Waals surface area contributed by atoms with Crippen LogP contribution in [0.5, 0.6) is 0 Å². The van der Waals surface area contributed by atoms with Crippen molar-refractivity contribution in [2.45, 2.75) is 12.5 Å². The van der Waals surface area contributed by atoms with E-state index in [0.717, 1.165) is 19.6 Å². The molecule has 0 aromatic rings. The fraction of sp³-hybridized carbons (Fsp3) is 0.500. The molecule has 5 N–H and O–H groups in total. The average molecular weight is 252 g/mol. The van der Waals surface area contributed by atoms with Crippen molar-refractivity contribution in [3.63, 3.8) is 0 Å². The van der Waals surface area contributed by atoms with Crippen molar-refractivity contribution in [2.24, 2.45) is 11.5 Å². The first kappa shape index (κ1) is 14.4. The minimum atomic E-state index is -0.499. The first-order chi connectivity index (χ1) is 8.41. The molecule has 0 aromatic carbocycles. The molecule has 1 fully saturated rings. The first-order valence-electron chi connectivity index (χ1n) is 5.81. The molecule has 6 nitrogen and oxygen atoms in total. The summed E-state index contributed by atoms with van der Waals surface area (Å²) in [5.41, 5.74) is 11.1. The lowest BCUT2D eigenvalue weighted by Crippen LogP contribution is -2.52. The van der Waals surface area contributed by atoms with E-state index in [1.165, 1.54) is 0 Å². The number of nitrogens with one attached hydrogen (secondary N) is 1. The Balaban J connectivity index is 2.62. The lowest BCUT2D eigenvalue weighted by molar-refractivity contribution is -0.116. The largest absolute Gasteiger partial charge is 0.366 e. The van der Waals surface area contributed by atoms with E-state index in [2.05, 4.69) is 23.4 Å². The molecule has 0 spiro atoms. The highest BCUT2D eigenvalue weighted by atomic mass is 16.1. The Labute approximate surface area is 107 Å². The number of hydrogen-bond acceptors (Lipinski definition) is 4. The highest BCUT2D eigenvalue weighted by Crippen LogP contribution is 2.13. The number of carbonyl (C=O) groups is 2. The number of nitrogens with two attached hydrogens (primary N) is 2. The van der Waals surface area contributed by atoms with E-state index in [-0.39, 0.29) is 6.04 Å². The molecule has 6 heteroatoms. The molecule has 100 valence electrons. The standard InChI is InChI=1S/C12H20N4O2/c1-8(11(13)17)5-10-6-15-3-4-16(10)7-9(2)12(14)18/h10,15H,1-7H2,(H2,13,17)(H2,14,18). The van der Waals surface area contributed by atoms with Gasteiger partial charge in [0.2, 0.25) is 11.8 Å². The van der Waals surface area contributed by atoms with Crippen LogP contribution in [0.3, 0.4) is 0 Å². The Morgan fingerprint density at radius 2 is 1.83 bits per heavy atom. The van der Waals surface area contributed by atoms with Gasteiger partial charge in [0.1, 0.15) is 0 Å². The van der Waals surface area contributed by atoms with Crippen LogP contribution in [0.2, 0.25) is 0 Å². The molecule has 0 saturated carbocycles. The normalized spacial score (nSPS) is 20.3. The van der Waals surface area contributed by atoms with Crippen LogP contribution in [0, 0.1) is 0 Å². The van der Waals surface area contributed by atoms with Crippen LogP contribution < -0.4 is 16.8 Å². The van der Waals surface area contributed by atoms with E-state index < -0.39 is 11.8 Å². The van der Waals surface area contributed by atoms with E-state index in [1.807, 2.05) is 0 Å². The third-order valence-electron chi connectivity index (χ3n) is 3.05. The van der Waals surface area contributed by atoms with Gasteiger partial charge in [-0.05, 0) is 6.42 Å². The number of rotatable bonds is 6. The van der Waals surface area contributed by atoms with E-state index in [1.54, 1.807) is 0 Å². The monoisotopic (exact) mass is 252 g/mol. The molecule has 1 atom stereocenters. The predicted molar refractivity (Wildman–Crippen MR) is 69.5 cm³/mol. The number of nitrogens with zero attached hydrogens (tertiary/aromatic N) is 1. The summed E-state index contributed by atoms with van der Waals surface area (Å²) in [5, 5.41) is 3.23. The maximum absolute atomic E-state index is 11.0. The quantitative estimate of drug-likeness (QED) is 0.513. The summed E-state index contributed by atoms with van der Waals surface area (Å²) in [6, 6.07) is 0.0786. The van der Waals surface area contributed by atoms with Crippen molar-refractivity contribution in [1.82, 2.24) is 10.2 Å². The summed E-state index contributed by atoms with van der Waals surface area (Å²) in [6.07, 6.45) is 0.481. The van der Waals surface area contributed by atoms with Crippen LogP contribution in [0.15, 0.2) is 24.3 Å². The summed E-state index contributed by atoms with van der Waals surface area (Å²) in [7, 11) is 0. The number of piperazine rings is 1. The molecule has 0 aromatic heterocycles. The zero-order valence-corrected chi connectivity index (χ0v) is 10.4. The smallest absolute Gasteiger partial charge is 0.245 e. The molecule has 2 amide bonds. The second-order valence-electron chi connectivity index (χ2n) is 4.47. The maximum atomic E-state index is 11.0. The first-order valence-corrected chi connectivity index (χ1v) is 5.81. The van der Waals surface area contributed by atoms with Gasteiger partial charge in [0.25, 0.3) is 0 Å². The maximum Gasteiger partial charge on any atom is 0.245 e. The van der Waals surface area contributed by atoms with Crippen molar-refractivity contribution >= 4 is 11.8 Å². The van der Waals surface area contributed by atoms with Crippen molar-refractivity contribution < 1.29 is 9.59 Å². The molecule has 0 aliphatic carbocycles. The van der Waals surface area contributed by atoms with E-state index in [0.29, 0.717) is 24.1 Å². The Bertz CT molecular complexity index is 342. The predicted octanol–water partition coefficient (Wildman–Crippen LogP) is -1.27. The second-order valence-corrected chi connectivity index (χ2v) is 4.47. The number of amides is 2. The highest BCUT2D eigenvalue weighted by molar-refractivity contribution is 5.92.